The minimum atomic E-state index is -0.369. The number of hydrogen-bond acceptors (Lipinski definition) is 3. The van der Waals surface area contributed by atoms with Crippen molar-refractivity contribution in [2.75, 3.05) is 19.6 Å². The van der Waals surface area contributed by atoms with Crippen LogP contribution in [0.3, 0.4) is 0 Å². The first-order valence-electron chi connectivity index (χ1n) is 8.10. The zero-order chi connectivity index (χ0) is 15.6. The van der Waals surface area contributed by atoms with E-state index in [4.69, 9.17) is 5.73 Å². The molecule has 0 aromatic carbocycles. The molecule has 2 amide bonds. The van der Waals surface area contributed by atoms with Gasteiger partial charge in [-0.15, -0.1) is 12.4 Å². The molecule has 2 aliphatic rings. The molecule has 2 fully saturated rings. The zero-order valence-corrected chi connectivity index (χ0v) is 14.7. The highest BCUT2D eigenvalue weighted by Gasteiger charge is 2.42. The summed E-state index contributed by atoms with van der Waals surface area (Å²) in [4.78, 5) is 25.9. The van der Waals surface area contributed by atoms with Crippen LogP contribution in [0.15, 0.2) is 0 Å². The van der Waals surface area contributed by atoms with Gasteiger partial charge in [0.15, 0.2) is 0 Å². The van der Waals surface area contributed by atoms with Crippen molar-refractivity contribution in [3.05, 3.63) is 0 Å². The summed E-state index contributed by atoms with van der Waals surface area (Å²) in [7, 11) is 0. The van der Waals surface area contributed by atoms with Crippen LogP contribution < -0.4 is 11.1 Å². The smallest absolute Gasteiger partial charge is 0.225 e. The van der Waals surface area contributed by atoms with E-state index < -0.39 is 0 Å². The molecule has 0 bridgehead atoms. The highest BCUT2D eigenvalue weighted by Crippen LogP contribution is 2.37. The fraction of sp³-hybridized carbons (Fsp3) is 0.875. The van der Waals surface area contributed by atoms with Crippen molar-refractivity contribution >= 4 is 24.2 Å². The van der Waals surface area contributed by atoms with E-state index in [9.17, 15) is 9.59 Å². The van der Waals surface area contributed by atoms with Crippen LogP contribution in [0.5, 0.6) is 0 Å². The van der Waals surface area contributed by atoms with E-state index in [0.29, 0.717) is 31.2 Å². The van der Waals surface area contributed by atoms with Gasteiger partial charge in [0.25, 0.3) is 0 Å². The maximum atomic E-state index is 12.2. The lowest BCUT2D eigenvalue weighted by molar-refractivity contribution is -0.131. The number of fused-ring (bicyclic) bond motifs is 1. The van der Waals surface area contributed by atoms with Crippen LogP contribution in [0.4, 0.5) is 0 Å². The molecule has 0 aromatic rings. The summed E-state index contributed by atoms with van der Waals surface area (Å²) in [6.07, 6.45) is 3.49. The Hall–Kier alpha value is -0.810. The molecule has 0 aromatic heterocycles. The first-order chi connectivity index (χ1) is 9.79. The van der Waals surface area contributed by atoms with Gasteiger partial charge in [-0.2, -0.15) is 0 Å². The second-order valence-corrected chi connectivity index (χ2v) is 7.57. The monoisotopic (exact) mass is 331 g/mol. The second kappa shape index (κ2) is 7.64. The average Bonchev–Trinajstić information content (AvgIpc) is 2.96. The number of likely N-dealkylation sites (tertiary alicyclic amines) is 1. The quantitative estimate of drug-likeness (QED) is 0.767. The van der Waals surface area contributed by atoms with Gasteiger partial charge in [-0.25, -0.2) is 0 Å². The third kappa shape index (κ3) is 4.59. The van der Waals surface area contributed by atoms with Gasteiger partial charge in [0.2, 0.25) is 11.8 Å². The lowest BCUT2D eigenvalue weighted by Gasteiger charge is -2.20. The van der Waals surface area contributed by atoms with Gasteiger partial charge < -0.3 is 16.0 Å². The van der Waals surface area contributed by atoms with E-state index in [0.717, 1.165) is 25.9 Å². The number of nitrogens with two attached hydrogens (primary N) is 1. The number of halogens is 1. The van der Waals surface area contributed by atoms with Gasteiger partial charge in [-0.3, -0.25) is 9.59 Å². The van der Waals surface area contributed by atoms with Crippen LogP contribution in [0, 0.1) is 17.3 Å². The molecule has 3 N–H and O–H groups in total. The van der Waals surface area contributed by atoms with E-state index in [1.54, 1.807) is 0 Å². The lowest BCUT2D eigenvalue weighted by atomic mass is 9.96. The largest absolute Gasteiger partial charge is 0.356 e. The molecule has 3 unspecified atom stereocenters. The third-order valence-corrected chi connectivity index (χ3v) is 4.80. The Morgan fingerprint density at radius 3 is 2.50 bits per heavy atom. The molecule has 128 valence electrons. The Morgan fingerprint density at radius 2 is 1.91 bits per heavy atom. The molecule has 1 saturated carbocycles. The molecule has 1 aliphatic carbocycles. The lowest BCUT2D eigenvalue weighted by Crippen LogP contribution is -2.36. The summed E-state index contributed by atoms with van der Waals surface area (Å²) in [5.41, 5.74) is 5.72. The van der Waals surface area contributed by atoms with E-state index in [2.05, 4.69) is 5.32 Å². The van der Waals surface area contributed by atoms with Crippen LogP contribution in [0.1, 0.15) is 46.5 Å². The van der Waals surface area contributed by atoms with Crippen molar-refractivity contribution in [3.8, 4) is 0 Å². The molecule has 1 heterocycles. The van der Waals surface area contributed by atoms with Crippen LogP contribution in [0.2, 0.25) is 0 Å². The Labute approximate surface area is 139 Å². The van der Waals surface area contributed by atoms with Gasteiger partial charge in [0.05, 0.1) is 0 Å². The number of carbonyl (C=O) groups excluding carboxylic acids is 2. The van der Waals surface area contributed by atoms with Crippen molar-refractivity contribution in [1.82, 2.24) is 10.2 Å². The Morgan fingerprint density at radius 1 is 1.23 bits per heavy atom. The first kappa shape index (κ1) is 19.2. The molecule has 1 saturated heterocycles. The van der Waals surface area contributed by atoms with E-state index in [-0.39, 0.29) is 35.7 Å². The Bertz CT molecular complexity index is 409. The van der Waals surface area contributed by atoms with Crippen LogP contribution in [0.25, 0.3) is 0 Å². The van der Waals surface area contributed by atoms with Crippen LogP contribution in [-0.4, -0.2) is 42.4 Å². The minimum Gasteiger partial charge on any atom is -0.356 e. The van der Waals surface area contributed by atoms with Crippen molar-refractivity contribution in [1.29, 1.82) is 0 Å². The summed E-state index contributed by atoms with van der Waals surface area (Å²) < 4.78 is 0. The average molecular weight is 332 g/mol. The molecule has 5 nitrogen and oxygen atoms in total. The molecule has 6 heteroatoms. The van der Waals surface area contributed by atoms with E-state index >= 15 is 0 Å². The molecular formula is C16H30ClN3O2. The predicted octanol–water partition coefficient (Wildman–Crippen LogP) is 1.55. The molecule has 22 heavy (non-hydrogen) atoms. The number of carbonyl (C=O) groups is 2. The summed E-state index contributed by atoms with van der Waals surface area (Å²) in [6, 6.07) is 0.277. The first-order valence-corrected chi connectivity index (χ1v) is 8.10. The number of hydrogen-bond donors (Lipinski definition) is 2. The SMILES string of the molecule is CC(C)(C)C(=O)NCCCC(=O)N1CC2CCC(N)C2C1.Cl. The zero-order valence-electron chi connectivity index (χ0n) is 13.9. The van der Waals surface area contributed by atoms with E-state index in [1.807, 2.05) is 25.7 Å². The topological polar surface area (TPSA) is 75.4 Å². The Balaban J connectivity index is 0.00000242. The third-order valence-electron chi connectivity index (χ3n) is 4.80. The fourth-order valence-electron chi connectivity index (χ4n) is 3.38. The summed E-state index contributed by atoms with van der Waals surface area (Å²) in [6.45, 7) is 7.95. The van der Waals surface area contributed by atoms with Crippen LogP contribution in [-0.2, 0) is 9.59 Å². The van der Waals surface area contributed by atoms with E-state index in [1.165, 1.54) is 0 Å². The maximum Gasteiger partial charge on any atom is 0.225 e. The van der Waals surface area contributed by atoms with Gasteiger partial charge in [0, 0.05) is 37.5 Å². The van der Waals surface area contributed by atoms with Crippen molar-refractivity contribution < 1.29 is 9.59 Å². The molecule has 0 radical (unpaired) electrons. The molecule has 1 aliphatic heterocycles. The second-order valence-electron chi connectivity index (χ2n) is 7.57. The normalized spacial score (nSPS) is 27.3. The number of nitrogens with zero attached hydrogens (tertiary/aromatic N) is 1. The van der Waals surface area contributed by atoms with Gasteiger partial charge in [0.1, 0.15) is 0 Å². The van der Waals surface area contributed by atoms with Crippen molar-refractivity contribution in [2.45, 2.75) is 52.5 Å². The molecule has 2 rings (SSSR count). The fourth-order valence-corrected chi connectivity index (χ4v) is 3.38. The Kier molecular flexibility index (Phi) is 6.68. The van der Waals surface area contributed by atoms with Gasteiger partial charge >= 0.3 is 0 Å². The van der Waals surface area contributed by atoms with Crippen LogP contribution >= 0.6 is 12.4 Å². The van der Waals surface area contributed by atoms with Crippen molar-refractivity contribution in [2.24, 2.45) is 23.0 Å². The highest BCUT2D eigenvalue weighted by molar-refractivity contribution is 5.85. The standard InChI is InChI=1S/C16H29N3O2.ClH/c1-16(2,3)15(21)18-8-4-5-14(20)19-9-11-6-7-13(17)12(11)10-19;/h11-13H,4-10,17H2,1-3H3,(H,18,21);1H. The minimum absolute atomic E-state index is 0. The number of nitrogens with one attached hydrogen (secondary N) is 1. The number of rotatable bonds is 4. The molecule has 0 spiro atoms. The van der Waals surface area contributed by atoms with Gasteiger partial charge in [-0.1, -0.05) is 20.8 Å². The highest BCUT2D eigenvalue weighted by atomic mass is 35.5. The predicted molar refractivity (Wildman–Crippen MR) is 89.7 cm³/mol. The molecular weight excluding hydrogens is 302 g/mol. The number of amides is 2. The summed E-state index contributed by atoms with van der Waals surface area (Å²) in [5, 5.41) is 2.89. The maximum absolute atomic E-state index is 12.2. The molecule has 3 atom stereocenters. The van der Waals surface area contributed by atoms with Gasteiger partial charge in [-0.05, 0) is 31.1 Å². The summed E-state index contributed by atoms with van der Waals surface area (Å²) in [5.74, 6) is 1.37. The van der Waals surface area contributed by atoms with Crippen molar-refractivity contribution in [3.63, 3.8) is 0 Å². The summed E-state index contributed by atoms with van der Waals surface area (Å²) >= 11 is 0.